The molecule has 0 spiro atoms. The fourth-order valence-corrected chi connectivity index (χ4v) is 2.68. The van der Waals surface area contributed by atoms with Crippen LogP contribution in [-0.2, 0) is 16.1 Å². The van der Waals surface area contributed by atoms with Crippen LogP contribution in [-0.4, -0.2) is 25.7 Å². The van der Waals surface area contributed by atoms with Crippen molar-refractivity contribution < 1.29 is 9.53 Å². The van der Waals surface area contributed by atoms with Crippen molar-refractivity contribution in [1.82, 2.24) is 5.32 Å². The van der Waals surface area contributed by atoms with Crippen molar-refractivity contribution in [2.75, 3.05) is 19.8 Å². The van der Waals surface area contributed by atoms with Crippen LogP contribution in [0.2, 0.25) is 0 Å². The predicted octanol–water partition coefficient (Wildman–Crippen LogP) is 2.60. The Morgan fingerprint density at radius 2 is 1.86 bits per heavy atom. The van der Waals surface area contributed by atoms with Crippen molar-refractivity contribution in [3.05, 3.63) is 35.4 Å². The van der Waals surface area contributed by atoms with Crippen LogP contribution in [0.4, 0.5) is 0 Å². The second-order valence-corrected chi connectivity index (χ2v) is 6.18. The number of hydrogen-bond acceptors (Lipinski definition) is 3. The van der Waals surface area contributed by atoms with E-state index in [4.69, 9.17) is 10.5 Å². The molecule has 3 N–H and O–H groups in total. The molecule has 124 valence electrons. The topological polar surface area (TPSA) is 64.4 Å². The van der Waals surface area contributed by atoms with Gasteiger partial charge in [0.25, 0.3) is 0 Å². The number of carbonyl (C=O) groups is 1. The van der Waals surface area contributed by atoms with E-state index in [9.17, 15) is 4.79 Å². The van der Waals surface area contributed by atoms with E-state index in [0.29, 0.717) is 45.1 Å². The number of benzene rings is 1. The zero-order valence-electron chi connectivity index (χ0n) is 13.4. The number of hydrogen-bond donors (Lipinski definition) is 2. The quantitative estimate of drug-likeness (QED) is 0.874. The Hall–Kier alpha value is -1.10. The Kier molecular flexibility index (Phi) is 7.33. The highest BCUT2D eigenvalue weighted by atomic mass is 35.5. The first kappa shape index (κ1) is 18.9. The molecule has 0 aliphatic carbocycles. The summed E-state index contributed by atoms with van der Waals surface area (Å²) in [4.78, 5) is 12.5. The van der Waals surface area contributed by atoms with E-state index in [2.05, 4.69) is 43.4 Å². The fourth-order valence-electron chi connectivity index (χ4n) is 2.68. The van der Waals surface area contributed by atoms with E-state index in [1.165, 1.54) is 5.56 Å². The Morgan fingerprint density at radius 3 is 2.36 bits per heavy atom. The van der Waals surface area contributed by atoms with Crippen LogP contribution in [0.25, 0.3) is 0 Å². The van der Waals surface area contributed by atoms with Gasteiger partial charge in [0.1, 0.15) is 0 Å². The summed E-state index contributed by atoms with van der Waals surface area (Å²) in [5.41, 5.74) is 7.83. The Labute approximate surface area is 139 Å². The number of carbonyl (C=O) groups excluding carboxylic acids is 1. The Balaban J connectivity index is 0.00000242. The van der Waals surface area contributed by atoms with Gasteiger partial charge in [-0.05, 0) is 29.9 Å². The molecule has 0 atom stereocenters. The van der Waals surface area contributed by atoms with Crippen LogP contribution in [0.1, 0.15) is 43.7 Å². The lowest BCUT2D eigenvalue weighted by Crippen LogP contribution is -2.48. The molecule has 1 aromatic rings. The van der Waals surface area contributed by atoms with Crippen LogP contribution < -0.4 is 11.1 Å². The number of nitrogens with two attached hydrogens (primary N) is 1. The average Bonchev–Trinajstić information content (AvgIpc) is 2.53. The normalized spacial score (nSPS) is 16.9. The highest BCUT2D eigenvalue weighted by Gasteiger charge is 2.38. The summed E-state index contributed by atoms with van der Waals surface area (Å²) in [5.74, 6) is 0.581. The SMILES string of the molecule is CC(C)c1ccc(CNC(=O)C2(CN)CCOCC2)cc1.Cl. The van der Waals surface area contributed by atoms with Gasteiger partial charge in [0.2, 0.25) is 5.91 Å². The lowest BCUT2D eigenvalue weighted by Gasteiger charge is -2.34. The van der Waals surface area contributed by atoms with Crippen molar-refractivity contribution >= 4 is 18.3 Å². The van der Waals surface area contributed by atoms with Gasteiger partial charge in [-0.2, -0.15) is 0 Å². The molecule has 0 unspecified atom stereocenters. The van der Waals surface area contributed by atoms with E-state index in [1.807, 2.05) is 0 Å². The molecule has 5 heteroatoms. The number of ether oxygens (including phenoxy) is 1. The molecule has 1 amide bonds. The van der Waals surface area contributed by atoms with Crippen LogP contribution in [0.3, 0.4) is 0 Å². The van der Waals surface area contributed by atoms with Gasteiger partial charge in [-0.15, -0.1) is 12.4 Å². The molecule has 0 bridgehead atoms. The van der Waals surface area contributed by atoms with E-state index >= 15 is 0 Å². The Bertz CT molecular complexity index is 468. The molecular formula is C17H27ClN2O2. The van der Waals surface area contributed by atoms with Crippen molar-refractivity contribution in [2.45, 2.75) is 39.2 Å². The largest absolute Gasteiger partial charge is 0.381 e. The van der Waals surface area contributed by atoms with Crippen molar-refractivity contribution in [2.24, 2.45) is 11.1 Å². The molecule has 1 aliphatic rings. The summed E-state index contributed by atoms with van der Waals surface area (Å²) in [6.07, 6.45) is 1.42. The fraction of sp³-hybridized carbons (Fsp3) is 0.588. The molecule has 1 saturated heterocycles. The van der Waals surface area contributed by atoms with Crippen LogP contribution in [0, 0.1) is 5.41 Å². The molecule has 22 heavy (non-hydrogen) atoms. The van der Waals surface area contributed by atoms with Gasteiger partial charge in [0.15, 0.2) is 0 Å². The predicted molar refractivity (Wildman–Crippen MR) is 91.2 cm³/mol. The first-order valence-corrected chi connectivity index (χ1v) is 7.72. The first-order valence-electron chi connectivity index (χ1n) is 7.72. The molecule has 1 fully saturated rings. The van der Waals surface area contributed by atoms with Crippen LogP contribution in [0.15, 0.2) is 24.3 Å². The highest BCUT2D eigenvalue weighted by molar-refractivity contribution is 5.85. The van der Waals surface area contributed by atoms with Gasteiger partial charge in [-0.1, -0.05) is 38.1 Å². The standard InChI is InChI=1S/C17H26N2O2.ClH/c1-13(2)15-5-3-14(4-6-15)11-19-16(20)17(12-18)7-9-21-10-8-17;/h3-6,13H,7-12,18H2,1-2H3,(H,19,20);1H. The lowest BCUT2D eigenvalue weighted by molar-refractivity contribution is -0.136. The van der Waals surface area contributed by atoms with Gasteiger partial charge < -0.3 is 15.8 Å². The van der Waals surface area contributed by atoms with Crippen LogP contribution >= 0.6 is 12.4 Å². The minimum absolute atomic E-state index is 0. The molecule has 1 aliphatic heterocycles. The second kappa shape index (κ2) is 8.51. The zero-order chi connectivity index (χ0) is 15.3. The van der Waals surface area contributed by atoms with Gasteiger partial charge in [0, 0.05) is 26.3 Å². The molecular weight excluding hydrogens is 300 g/mol. The van der Waals surface area contributed by atoms with E-state index in [-0.39, 0.29) is 18.3 Å². The monoisotopic (exact) mass is 326 g/mol. The lowest BCUT2D eigenvalue weighted by atomic mass is 9.79. The summed E-state index contributed by atoms with van der Waals surface area (Å²) in [5, 5.41) is 3.03. The smallest absolute Gasteiger partial charge is 0.227 e. The third-order valence-electron chi connectivity index (χ3n) is 4.42. The second-order valence-electron chi connectivity index (χ2n) is 6.18. The molecule has 1 aromatic carbocycles. The van der Waals surface area contributed by atoms with E-state index in [0.717, 1.165) is 5.56 Å². The first-order chi connectivity index (χ1) is 10.1. The maximum absolute atomic E-state index is 12.5. The maximum Gasteiger partial charge on any atom is 0.227 e. The van der Waals surface area contributed by atoms with Gasteiger partial charge in [0.05, 0.1) is 5.41 Å². The third kappa shape index (κ3) is 4.45. The minimum Gasteiger partial charge on any atom is -0.381 e. The molecule has 0 saturated carbocycles. The summed E-state index contributed by atoms with van der Waals surface area (Å²) in [6.45, 7) is 6.52. The van der Waals surface area contributed by atoms with Gasteiger partial charge >= 0.3 is 0 Å². The molecule has 4 nitrogen and oxygen atoms in total. The number of rotatable bonds is 5. The maximum atomic E-state index is 12.5. The molecule has 0 radical (unpaired) electrons. The van der Waals surface area contributed by atoms with Crippen molar-refractivity contribution in [3.8, 4) is 0 Å². The van der Waals surface area contributed by atoms with Gasteiger partial charge in [-0.25, -0.2) is 0 Å². The third-order valence-corrected chi connectivity index (χ3v) is 4.42. The summed E-state index contributed by atoms with van der Waals surface area (Å²) < 4.78 is 5.34. The summed E-state index contributed by atoms with van der Waals surface area (Å²) >= 11 is 0. The number of amides is 1. The number of halogens is 1. The number of nitrogens with one attached hydrogen (secondary N) is 1. The van der Waals surface area contributed by atoms with Crippen molar-refractivity contribution in [1.29, 1.82) is 0 Å². The minimum atomic E-state index is -0.448. The van der Waals surface area contributed by atoms with Gasteiger partial charge in [-0.3, -0.25) is 4.79 Å². The zero-order valence-corrected chi connectivity index (χ0v) is 14.2. The van der Waals surface area contributed by atoms with Crippen molar-refractivity contribution in [3.63, 3.8) is 0 Å². The Morgan fingerprint density at radius 1 is 1.27 bits per heavy atom. The van der Waals surface area contributed by atoms with E-state index in [1.54, 1.807) is 0 Å². The highest BCUT2D eigenvalue weighted by Crippen LogP contribution is 2.29. The summed E-state index contributed by atoms with van der Waals surface area (Å²) in [7, 11) is 0. The molecule has 1 heterocycles. The summed E-state index contributed by atoms with van der Waals surface area (Å²) in [6, 6.07) is 8.40. The van der Waals surface area contributed by atoms with Crippen LogP contribution in [0.5, 0.6) is 0 Å². The van der Waals surface area contributed by atoms with E-state index < -0.39 is 5.41 Å². The molecule has 2 rings (SSSR count). The average molecular weight is 327 g/mol. The molecule has 0 aromatic heterocycles.